The number of aromatic nitrogens is 4. The van der Waals surface area contributed by atoms with Crippen molar-refractivity contribution in [1.82, 2.24) is 35.1 Å². The molecule has 15 heteroatoms. The number of nitrogens with two attached hydrogens (primary N) is 1. The van der Waals surface area contributed by atoms with E-state index in [1.54, 1.807) is 4.90 Å². The van der Waals surface area contributed by atoms with Crippen molar-refractivity contribution in [2.75, 3.05) is 25.4 Å². The van der Waals surface area contributed by atoms with Crippen molar-refractivity contribution in [3.63, 3.8) is 0 Å². The predicted octanol–water partition coefficient (Wildman–Crippen LogP) is -1.02. The average molecular weight is 559 g/mol. The molecule has 3 amide bonds. The van der Waals surface area contributed by atoms with E-state index in [1.165, 1.54) is 10.9 Å². The number of aryl methyl sites for hydroxylation is 1. The molecule has 0 radical (unpaired) electrons. The number of aliphatic hydroxyl groups is 2. The number of nitrogens with one attached hydrogen (secondary N) is 2. The summed E-state index contributed by atoms with van der Waals surface area (Å²) in [5.74, 6) is 0.576. The van der Waals surface area contributed by atoms with E-state index in [0.29, 0.717) is 48.8 Å². The Morgan fingerprint density at radius 1 is 1.18 bits per heavy atom. The van der Waals surface area contributed by atoms with E-state index in [-0.39, 0.29) is 36.5 Å². The zero-order chi connectivity index (χ0) is 28.0. The molecule has 40 heavy (non-hydrogen) atoms. The van der Waals surface area contributed by atoms with E-state index >= 15 is 0 Å². The number of β-lactam (4-membered cyclic amide) rings is 1. The number of hydrogen-bond acceptors (Lipinski definition) is 11. The molecule has 4 fully saturated rings. The Bertz CT molecular complexity index is 1280. The first-order valence-electron chi connectivity index (χ1n) is 13.8. The van der Waals surface area contributed by atoms with Gasteiger partial charge in [-0.05, 0) is 38.0 Å². The summed E-state index contributed by atoms with van der Waals surface area (Å²) in [5, 5.41) is 26.7. The number of carbonyl (C=O) groups excluding carboxylic acids is 3. The maximum atomic E-state index is 12.5. The molecular formula is C25H34N8O7. The third-order valence-corrected chi connectivity index (χ3v) is 8.04. The zero-order valence-electron chi connectivity index (χ0n) is 21.9. The normalized spacial score (nSPS) is 28.8. The van der Waals surface area contributed by atoms with Crippen LogP contribution in [0.3, 0.4) is 0 Å². The van der Waals surface area contributed by atoms with Crippen LogP contribution in [-0.2, 0) is 25.5 Å². The maximum Gasteiger partial charge on any atom is 0.409 e. The number of carbonyl (C=O) groups is 3. The van der Waals surface area contributed by atoms with Gasteiger partial charge in [0.25, 0.3) is 5.91 Å². The minimum atomic E-state index is -1.40. The smallest absolute Gasteiger partial charge is 0.409 e. The van der Waals surface area contributed by atoms with Crippen LogP contribution >= 0.6 is 0 Å². The van der Waals surface area contributed by atoms with Crippen LogP contribution in [-0.4, -0.2) is 103 Å². The molecule has 3 aliphatic heterocycles. The zero-order valence-corrected chi connectivity index (χ0v) is 21.9. The van der Waals surface area contributed by atoms with Gasteiger partial charge in [0.2, 0.25) is 5.91 Å². The highest BCUT2D eigenvalue weighted by Crippen LogP contribution is 2.33. The van der Waals surface area contributed by atoms with Crippen LogP contribution in [0.5, 0.6) is 0 Å². The number of imidazole rings is 1. The molecule has 0 aromatic carbocycles. The van der Waals surface area contributed by atoms with Crippen molar-refractivity contribution < 1.29 is 34.1 Å². The second-order valence-corrected chi connectivity index (χ2v) is 11.1. The van der Waals surface area contributed by atoms with Gasteiger partial charge in [-0.25, -0.2) is 19.7 Å². The first-order chi connectivity index (χ1) is 19.3. The van der Waals surface area contributed by atoms with E-state index in [4.69, 9.17) is 15.2 Å². The number of amides is 3. The fourth-order valence-electron chi connectivity index (χ4n) is 5.43. The minimum absolute atomic E-state index is 0.0266. The van der Waals surface area contributed by atoms with E-state index in [2.05, 4.69) is 25.6 Å². The third kappa shape index (κ3) is 5.40. The predicted molar refractivity (Wildman–Crippen MR) is 137 cm³/mol. The first kappa shape index (κ1) is 26.7. The van der Waals surface area contributed by atoms with Crippen LogP contribution in [0.2, 0.25) is 0 Å². The molecule has 3 unspecified atom stereocenters. The summed E-state index contributed by atoms with van der Waals surface area (Å²) in [5.41, 5.74) is 6.87. The van der Waals surface area contributed by atoms with Crippen molar-refractivity contribution in [1.29, 1.82) is 0 Å². The van der Waals surface area contributed by atoms with E-state index in [9.17, 15) is 24.6 Å². The lowest BCUT2D eigenvalue weighted by molar-refractivity contribution is -0.137. The Hall–Kier alpha value is -3.56. The summed E-state index contributed by atoms with van der Waals surface area (Å²) in [4.78, 5) is 50.8. The molecule has 5 atom stereocenters. The van der Waals surface area contributed by atoms with E-state index < -0.39 is 30.4 Å². The Balaban J connectivity index is 1.05. The fourth-order valence-corrected chi connectivity index (χ4v) is 5.43. The van der Waals surface area contributed by atoms with Gasteiger partial charge in [0.05, 0.1) is 18.8 Å². The largest absolute Gasteiger partial charge is 0.447 e. The van der Waals surface area contributed by atoms with Crippen molar-refractivity contribution in [2.24, 2.45) is 5.92 Å². The summed E-state index contributed by atoms with van der Waals surface area (Å²) >= 11 is 0. The van der Waals surface area contributed by atoms with Gasteiger partial charge in [-0.15, -0.1) is 0 Å². The van der Waals surface area contributed by atoms with Gasteiger partial charge >= 0.3 is 6.09 Å². The molecule has 6 rings (SSSR count). The molecule has 4 aliphatic rings. The van der Waals surface area contributed by atoms with Gasteiger partial charge in [-0.2, -0.15) is 0 Å². The average Bonchev–Trinajstić information content (AvgIpc) is 3.56. The van der Waals surface area contributed by atoms with Gasteiger partial charge in [0.1, 0.15) is 30.2 Å². The van der Waals surface area contributed by atoms with Crippen LogP contribution in [0.1, 0.15) is 50.6 Å². The van der Waals surface area contributed by atoms with Crippen LogP contribution in [0.15, 0.2) is 6.33 Å². The minimum Gasteiger partial charge on any atom is -0.447 e. The van der Waals surface area contributed by atoms with Gasteiger partial charge in [-0.1, -0.05) is 0 Å². The Morgan fingerprint density at radius 2 is 1.93 bits per heavy atom. The molecule has 3 saturated heterocycles. The second-order valence-electron chi connectivity index (χ2n) is 11.1. The summed E-state index contributed by atoms with van der Waals surface area (Å²) in [6.07, 6.45) is 1.15. The standard InChI is InChI=1S/C25H34N8O7/c26-21-17-22(33(11-27-17)24-19(36)18(35)20(40-24)23(37)29-13-2-3-13)31-15(30-21)4-1-12-5-7-32(8-6-12)25(38)39-10-14-9-16(34)28-14/h11-14,18-20,24,35-36H,1-10H2,(H,28,34)(H,29,37)(H2,26,30,31)/t14?,18?,19?,20-,24+/m0/s1. The number of hydrogen-bond donors (Lipinski definition) is 5. The highest BCUT2D eigenvalue weighted by Gasteiger charge is 2.48. The lowest BCUT2D eigenvalue weighted by atomic mass is 9.92. The quantitative estimate of drug-likeness (QED) is 0.248. The van der Waals surface area contributed by atoms with Crippen molar-refractivity contribution >= 4 is 34.9 Å². The molecule has 2 aromatic rings. The molecule has 0 bridgehead atoms. The number of anilines is 1. The lowest BCUT2D eigenvalue weighted by Crippen LogP contribution is -2.52. The summed E-state index contributed by atoms with van der Waals surface area (Å²) in [7, 11) is 0. The topological polar surface area (TPSA) is 207 Å². The van der Waals surface area contributed by atoms with Gasteiger partial charge in [0, 0.05) is 25.6 Å². The number of nitrogen functional groups attached to an aromatic ring is 1. The van der Waals surface area contributed by atoms with Crippen LogP contribution in [0, 0.1) is 5.92 Å². The maximum absolute atomic E-state index is 12.5. The summed E-state index contributed by atoms with van der Waals surface area (Å²) in [6, 6.07) is 0.00386. The molecule has 5 heterocycles. The Kier molecular flexibility index (Phi) is 7.18. The summed E-state index contributed by atoms with van der Waals surface area (Å²) in [6.45, 7) is 1.37. The molecule has 1 aliphatic carbocycles. The van der Waals surface area contributed by atoms with Crippen LogP contribution in [0.4, 0.5) is 10.6 Å². The molecule has 1 saturated carbocycles. The Labute approximate surface area is 229 Å². The number of fused-ring (bicyclic) bond motifs is 1. The number of ether oxygens (including phenoxy) is 2. The van der Waals surface area contributed by atoms with Crippen LogP contribution < -0.4 is 16.4 Å². The molecule has 6 N–H and O–H groups in total. The first-order valence-corrected chi connectivity index (χ1v) is 13.8. The van der Waals surface area contributed by atoms with Crippen molar-refractivity contribution in [3.8, 4) is 0 Å². The van der Waals surface area contributed by atoms with Crippen molar-refractivity contribution in [2.45, 2.75) is 81.6 Å². The van der Waals surface area contributed by atoms with Crippen molar-refractivity contribution in [3.05, 3.63) is 12.2 Å². The number of aliphatic hydroxyl groups excluding tert-OH is 2. The van der Waals surface area contributed by atoms with Gasteiger partial charge in [0.15, 0.2) is 23.8 Å². The third-order valence-electron chi connectivity index (χ3n) is 8.04. The highest BCUT2D eigenvalue weighted by molar-refractivity contribution is 5.84. The molecule has 15 nitrogen and oxygen atoms in total. The van der Waals surface area contributed by atoms with Gasteiger partial charge in [-0.3, -0.25) is 14.2 Å². The molecular weight excluding hydrogens is 524 g/mol. The Morgan fingerprint density at radius 3 is 2.62 bits per heavy atom. The number of piperidine rings is 1. The summed E-state index contributed by atoms with van der Waals surface area (Å²) < 4.78 is 12.6. The van der Waals surface area contributed by atoms with Crippen LogP contribution in [0.25, 0.3) is 11.2 Å². The molecule has 216 valence electrons. The number of rotatable bonds is 8. The lowest BCUT2D eigenvalue weighted by Gasteiger charge is -2.32. The molecule has 0 spiro atoms. The second kappa shape index (κ2) is 10.8. The van der Waals surface area contributed by atoms with E-state index in [0.717, 1.165) is 32.1 Å². The van der Waals surface area contributed by atoms with Gasteiger partial charge < -0.3 is 41.0 Å². The highest BCUT2D eigenvalue weighted by atomic mass is 16.6. The fraction of sp³-hybridized carbons (Fsp3) is 0.680. The number of nitrogens with zero attached hydrogens (tertiary/aromatic N) is 5. The number of likely N-dealkylation sites (tertiary alicyclic amines) is 1. The monoisotopic (exact) mass is 558 g/mol. The van der Waals surface area contributed by atoms with E-state index in [1.807, 2.05) is 0 Å². The SMILES string of the molecule is Nc1nc(CCC2CCN(C(=O)OCC3CC(=O)N3)CC2)nc2c1ncn2[C@@H]1O[C@H](C(=O)NC2CC2)C(O)C1O. The molecule has 2 aromatic heterocycles.